The maximum absolute atomic E-state index is 9.66. The van der Waals surface area contributed by atoms with Crippen LogP contribution >= 0.6 is 0 Å². The molecule has 0 aliphatic carbocycles. The second-order valence-corrected chi connectivity index (χ2v) is 4.03. The summed E-state index contributed by atoms with van der Waals surface area (Å²) >= 11 is 0. The van der Waals surface area contributed by atoms with E-state index in [0.29, 0.717) is 0 Å². The van der Waals surface area contributed by atoms with Crippen molar-refractivity contribution in [2.24, 2.45) is 5.92 Å². The average Bonchev–Trinajstić information content (AvgIpc) is 2.22. The highest BCUT2D eigenvalue weighted by Gasteiger charge is 2.13. The van der Waals surface area contributed by atoms with Gasteiger partial charge in [0.1, 0.15) is 6.61 Å². The molecule has 1 heterocycles. The molecule has 5 nitrogen and oxygen atoms in total. The number of aliphatic hydroxyl groups excluding tert-OH is 1. The van der Waals surface area contributed by atoms with Gasteiger partial charge in [-0.05, 0) is 18.8 Å². The summed E-state index contributed by atoms with van der Waals surface area (Å²) in [5.41, 5.74) is 0. The summed E-state index contributed by atoms with van der Waals surface area (Å²) in [7, 11) is 2.28. The molecule has 3 N–H and O–H groups in total. The van der Waals surface area contributed by atoms with Gasteiger partial charge in [-0.15, -0.1) is 0 Å². The first kappa shape index (κ1) is 14.1. The fourth-order valence-electron chi connectivity index (χ4n) is 1.32. The third kappa shape index (κ3) is 7.04. The van der Waals surface area contributed by atoms with Gasteiger partial charge in [0, 0.05) is 0 Å². The van der Waals surface area contributed by atoms with Crippen molar-refractivity contribution in [3.63, 3.8) is 0 Å². The Balaban J connectivity index is 0.000000265. The molecule has 5 heteroatoms. The van der Waals surface area contributed by atoms with Crippen LogP contribution in [0, 0.1) is 5.92 Å². The number of aliphatic carboxylic acids is 1. The number of carbonyl (C=O) groups excluding carboxylic acids is 1. The highest BCUT2D eigenvalue weighted by molar-refractivity contribution is 6.33. The van der Waals surface area contributed by atoms with Crippen molar-refractivity contribution in [3.05, 3.63) is 0 Å². The smallest absolute Gasteiger partial charge is 0.374 e. The standard InChI is InChI=1S/C7H15N.C3H4O4/c1-7-3-5-8(2)6-4-7;4-1-2(5)3(6)7/h7H,3-6H2,1-2H3;4H,1H2,(H,6,7)/p+1. The molecule has 1 aliphatic heterocycles. The van der Waals surface area contributed by atoms with Crippen LogP contribution in [0.25, 0.3) is 0 Å². The number of nitrogens with one attached hydrogen (secondary N) is 1. The topological polar surface area (TPSA) is 79.0 Å². The zero-order valence-electron chi connectivity index (χ0n) is 9.32. The number of rotatable bonds is 2. The molecule has 0 aromatic carbocycles. The first-order chi connectivity index (χ1) is 6.97. The first-order valence-electron chi connectivity index (χ1n) is 5.15. The number of likely N-dealkylation sites (tertiary alicyclic amines) is 1. The lowest BCUT2D eigenvalue weighted by atomic mass is 10.00. The summed E-state index contributed by atoms with van der Waals surface area (Å²) in [5, 5.41) is 15.4. The van der Waals surface area contributed by atoms with Crippen molar-refractivity contribution in [3.8, 4) is 0 Å². The van der Waals surface area contributed by atoms with Crippen molar-refractivity contribution in [2.75, 3.05) is 26.7 Å². The van der Waals surface area contributed by atoms with Gasteiger partial charge in [0.05, 0.1) is 20.1 Å². The van der Waals surface area contributed by atoms with Crippen LogP contribution in [-0.2, 0) is 9.59 Å². The Kier molecular flexibility index (Phi) is 6.90. The third-order valence-electron chi connectivity index (χ3n) is 2.51. The van der Waals surface area contributed by atoms with E-state index in [1.54, 1.807) is 4.90 Å². The van der Waals surface area contributed by atoms with E-state index in [1.807, 2.05) is 0 Å². The highest BCUT2D eigenvalue weighted by Crippen LogP contribution is 2.05. The number of carbonyl (C=O) groups is 2. The molecular weight excluding hydrogens is 198 g/mol. The van der Waals surface area contributed by atoms with Crippen LogP contribution in [0.4, 0.5) is 0 Å². The van der Waals surface area contributed by atoms with Crippen LogP contribution in [0.1, 0.15) is 19.8 Å². The molecule has 0 spiro atoms. The second-order valence-electron chi connectivity index (χ2n) is 4.03. The Hall–Kier alpha value is -0.940. The number of ketones is 1. The molecule has 0 aromatic heterocycles. The van der Waals surface area contributed by atoms with Crippen LogP contribution in [0.5, 0.6) is 0 Å². The Morgan fingerprint density at radius 2 is 1.80 bits per heavy atom. The fourth-order valence-corrected chi connectivity index (χ4v) is 1.32. The van der Waals surface area contributed by atoms with E-state index in [0.717, 1.165) is 5.92 Å². The van der Waals surface area contributed by atoms with Gasteiger partial charge in [0.25, 0.3) is 5.78 Å². The van der Waals surface area contributed by atoms with Gasteiger partial charge in [-0.25, -0.2) is 4.79 Å². The summed E-state index contributed by atoms with van der Waals surface area (Å²) in [5.74, 6) is -1.78. The summed E-state index contributed by atoms with van der Waals surface area (Å²) in [6, 6.07) is 0. The lowest BCUT2D eigenvalue weighted by Crippen LogP contribution is -3.10. The summed E-state index contributed by atoms with van der Waals surface area (Å²) in [6.07, 6.45) is 2.87. The minimum Gasteiger partial charge on any atom is -0.475 e. The number of hydrogen-bond donors (Lipinski definition) is 3. The maximum atomic E-state index is 9.66. The number of piperidine rings is 1. The molecule has 1 saturated heterocycles. The Morgan fingerprint density at radius 1 is 1.33 bits per heavy atom. The van der Waals surface area contributed by atoms with Gasteiger partial charge in [0.15, 0.2) is 0 Å². The number of quaternary nitrogens is 1. The van der Waals surface area contributed by atoms with E-state index in [-0.39, 0.29) is 0 Å². The Labute approximate surface area is 89.7 Å². The largest absolute Gasteiger partial charge is 0.475 e. The van der Waals surface area contributed by atoms with Crippen LogP contribution < -0.4 is 4.90 Å². The van der Waals surface area contributed by atoms with Crippen LogP contribution in [-0.4, -0.2) is 48.7 Å². The first-order valence-corrected chi connectivity index (χ1v) is 5.15. The number of carboxylic acid groups (broad SMARTS) is 1. The molecular formula is C10H20NO4+. The average molecular weight is 218 g/mol. The molecule has 0 saturated carbocycles. The Bertz CT molecular complexity index is 199. The van der Waals surface area contributed by atoms with Crippen molar-refractivity contribution in [1.82, 2.24) is 0 Å². The van der Waals surface area contributed by atoms with E-state index in [2.05, 4.69) is 14.0 Å². The van der Waals surface area contributed by atoms with Gasteiger partial charge < -0.3 is 15.1 Å². The number of carboxylic acids is 1. The molecule has 0 unspecified atom stereocenters. The number of aliphatic hydroxyl groups is 1. The van der Waals surface area contributed by atoms with E-state index < -0.39 is 18.4 Å². The predicted octanol–water partition coefficient (Wildman–Crippen LogP) is -1.44. The fraction of sp³-hybridized carbons (Fsp3) is 0.800. The van der Waals surface area contributed by atoms with Gasteiger partial charge in [-0.2, -0.15) is 0 Å². The Morgan fingerprint density at radius 3 is 2.00 bits per heavy atom. The highest BCUT2D eigenvalue weighted by atomic mass is 16.4. The normalized spacial score (nSPS) is 25.0. The molecule has 88 valence electrons. The minimum atomic E-state index is -1.59. The van der Waals surface area contributed by atoms with Gasteiger partial charge in [0.2, 0.25) is 0 Å². The monoisotopic (exact) mass is 218 g/mol. The van der Waals surface area contributed by atoms with E-state index in [9.17, 15) is 9.59 Å². The lowest BCUT2D eigenvalue weighted by molar-refractivity contribution is -0.885. The van der Waals surface area contributed by atoms with Gasteiger partial charge in [-0.1, -0.05) is 6.92 Å². The van der Waals surface area contributed by atoms with Crippen molar-refractivity contribution < 1.29 is 24.7 Å². The summed E-state index contributed by atoms with van der Waals surface area (Å²) in [4.78, 5) is 20.8. The van der Waals surface area contributed by atoms with Gasteiger partial charge >= 0.3 is 5.97 Å². The van der Waals surface area contributed by atoms with Crippen LogP contribution in [0.2, 0.25) is 0 Å². The summed E-state index contributed by atoms with van der Waals surface area (Å²) in [6.45, 7) is 4.21. The van der Waals surface area contributed by atoms with E-state index >= 15 is 0 Å². The molecule has 1 rings (SSSR count). The van der Waals surface area contributed by atoms with Crippen LogP contribution in [0.15, 0.2) is 0 Å². The zero-order valence-corrected chi connectivity index (χ0v) is 9.32. The summed E-state index contributed by atoms with van der Waals surface area (Å²) < 4.78 is 0. The minimum absolute atomic E-state index is 0.921. The number of hydrogen-bond acceptors (Lipinski definition) is 3. The molecule has 0 aromatic rings. The molecule has 0 radical (unpaired) electrons. The molecule has 1 fully saturated rings. The molecule has 15 heavy (non-hydrogen) atoms. The van der Waals surface area contributed by atoms with Crippen LogP contribution in [0.3, 0.4) is 0 Å². The zero-order chi connectivity index (χ0) is 11.8. The quantitative estimate of drug-likeness (QED) is 0.496. The van der Waals surface area contributed by atoms with Gasteiger partial charge in [-0.3, -0.25) is 4.79 Å². The maximum Gasteiger partial charge on any atom is 0.374 e. The third-order valence-corrected chi connectivity index (χ3v) is 2.51. The SMILES string of the molecule is CC1CC[NH+](C)CC1.O=C(O)C(=O)CO. The molecule has 0 amide bonds. The molecule has 0 bridgehead atoms. The second kappa shape index (κ2) is 7.36. The van der Waals surface area contributed by atoms with Crippen molar-refractivity contribution >= 4 is 11.8 Å². The molecule has 1 aliphatic rings. The van der Waals surface area contributed by atoms with E-state index in [1.165, 1.54) is 25.9 Å². The number of Topliss-reactive ketones (excluding diaryl/α,β-unsaturated/α-hetero) is 1. The predicted molar refractivity (Wildman–Crippen MR) is 54.7 cm³/mol. The van der Waals surface area contributed by atoms with Crippen molar-refractivity contribution in [2.45, 2.75) is 19.8 Å². The van der Waals surface area contributed by atoms with E-state index in [4.69, 9.17) is 10.2 Å². The van der Waals surface area contributed by atoms with Crippen molar-refractivity contribution in [1.29, 1.82) is 0 Å². The lowest BCUT2D eigenvalue weighted by Gasteiger charge is -2.23. The molecule has 0 atom stereocenters.